The summed E-state index contributed by atoms with van der Waals surface area (Å²) < 4.78 is 121. The van der Waals surface area contributed by atoms with Gasteiger partial charge in [0, 0.05) is 5.56 Å². The van der Waals surface area contributed by atoms with Crippen LogP contribution in [0.25, 0.3) is 0 Å². The largest absolute Gasteiger partial charge is 0.460 e. The molecule has 1 heterocycles. The van der Waals surface area contributed by atoms with Crippen LogP contribution in [0.1, 0.15) is 21.7 Å². The van der Waals surface area contributed by atoms with Crippen LogP contribution in [-0.4, -0.2) is 29.0 Å². The Hall–Kier alpha value is -2.53. The highest BCUT2D eigenvalue weighted by Crippen LogP contribution is 2.57. The van der Waals surface area contributed by atoms with Crippen LogP contribution in [0.5, 0.6) is 0 Å². The average Bonchev–Trinajstić information content (AvgIpc) is 3.03. The summed E-state index contributed by atoms with van der Waals surface area (Å²) >= 11 is 0. The van der Waals surface area contributed by atoms with Crippen molar-refractivity contribution in [1.82, 2.24) is 5.16 Å². The van der Waals surface area contributed by atoms with Crippen LogP contribution in [0.3, 0.4) is 0 Å². The van der Waals surface area contributed by atoms with Crippen molar-refractivity contribution in [3.63, 3.8) is 0 Å². The summed E-state index contributed by atoms with van der Waals surface area (Å²) in [6.07, 6.45) is -7.18. The van der Waals surface area contributed by atoms with E-state index in [1.54, 1.807) is 0 Å². The molecule has 0 fully saturated rings. The van der Waals surface area contributed by atoms with Gasteiger partial charge in [-0.05, 0) is 0 Å². The minimum absolute atomic E-state index is 0.212. The summed E-state index contributed by atoms with van der Waals surface area (Å²) in [7, 11) is 0. The van der Waals surface area contributed by atoms with Crippen molar-refractivity contribution in [1.29, 1.82) is 0 Å². The van der Waals surface area contributed by atoms with Crippen LogP contribution in [0.4, 0.5) is 39.5 Å². The zero-order valence-electron chi connectivity index (χ0n) is 12.1. The smallest absolute Gasteiger partial charge is 0.352 e. The second-order valence-corrected chi connectivity index (χ2v) is 4.98. The van der Waals surface area contributed by atoms with Crippen molar-refractivity contribution in [2.24, 2.45) is 0 Å². The molecule has 26 heavy (non-hydrogen) atoms. The summed E-state index contributed by atoms with van der Waals surface area (Å²) in [5.41, 5.74) is -2.56. The Morgan fingerprint density at radius 3 is 1.88 bits per heavy atom. The highest BCUT2D eigenvalue weighted by atomic mass is 19.4. The van der Waals surface area contributed by atoms with Gasteiger partial charge in [0.05, 0.1) is 11.8 Å². The predicted molar refractivity (Wildman–Crippen MR) is 66.2 cm³/mol. The molecular weight excluding hydrogens is 385 g/mol. The number of nitrogens with zero attached hydrogens (tertiary/aromatic N) is 1. The first-order chi connectivity index (χ1) is 11.7. The Bertz CT molecular complexity index is 796. The Kier molecular flexibility index (Phi) is 4.58. The molecule has 0 amide bonds. The zero-order valence-corrected chi connectivity index (χ0v) is 12.1. The number of carbonyl (C=O) groups is 1. The summed E-state index contributed by atoms with van der Waals surface area (Å²) in [5.74, 6) is -23.2. The van der Waals surface area contributed by atoms with E-state index in [-0.39, 0.29) is 11.8 Å². The lowest BCUT2D eigenvalue weighted by Gasteiger charge is -2.33. The Morgan fingerprint density at radius 1 is 0.846 bits per heavy atom. The fourth-order valence-corrected chi connectivity index (χ4v) is 1.89. The predicted octanol–water partition coefficient (Wildman–Crippen LogP) is 4.83. The van der Waals surface area contributed by atoms with E-state index in [1.165, 1.54) is 18.2 Å². The van der Waals surface area contributed by atoms with Gasteiger partial charge in [0.1, 0.15) is 0 Å². The molecule has 1 aromatic carbocycles. The van der Waals surface area contributed by atoms with Crippen LogP contribution in [-0.2, 0) is 5.92 Å². The number of ketones is 1. The zero-order chi connectivity index (χ0) is 20.0. The van der Waals surface area contributed by atoms with Crippen LogP contribution in [0.2, 0.25) is 0 Å². The van der Waals surface area contributed by atoms with E-state index in [4.69, 9.17) is 0 Å². The molecule has 3 nitrogen and oxygen atoms in total. The van der Waals surface area contributed by atoms with E-state index in [1.807, 2.05) is 0 Å². The number of hydrogen-bond acceptors (Lipinski definition) is 3. The fourth-order valence-electron chi connectivity index (χ4n) is 1.89. The summed E-state index contributed by atoms with van der Waals surface area (Å²) in [6, 6.07) is 6.02. The van der Waals surface area contributed by atoms with E-state index in [9.17, 15) is 44.3 Å². The maximum absolute atomic E-state index is 13.9. The van der Waals surface area contributed by atoms with Crippen LogP contribution < -0.4 is 0 Å². The molecule has 0 N–H and O–H groups in total. The second-order valence-electron chi connectivity index (χ2n) is 4.98. The second kappa shape index (κ2) is 6.02. The van der Waals surface area contributed by atoms with Gasteiger partial charge in [0.25, 0.3) is 0 Å². The third-order valence-electron chi connectivity index (χ3n) is 3.30. The van der Waals surface area contributed by atoms with Gasteiger partial charge in [-0.25, -0.2) is 0 Å². The van der Waals surface area contributed by atoms with E-state index in [0.29, 0.717) is 0 Å². The molecule has 0 spiro atoms. The Balaban J connectivity index is 2.55. The van der Waals surface area contributed by atoms with Gasteiger partial charge in [-0.15, -0.1) is 0 Å². The number of halogens is 9. The fraction of sp³-hybridized carbons (Fsp3) is 0.286. The molecule has 0 atom stereocenters. The standard InChI is InChI=1S/C14H6F9NO2/c15-11(16,12(17,18)13(19,20)14(21,22)23)8-6-24-26-10(8)9(25)7-4-2-1-3-5-7/h1-6H. The first kappa shape index (κ1) is 19.8. The number of carbonyl (C=O) groups excluding carboxylic acids is 1. The molecule has 0 aliphatic carbocycles. The van der Waals surface area contributed by atoms with Crippen molar-refractivity contribution in [2.45, 2.75) is 23.9 Å². The molecule has 2 aromatic rings. The van der Waals surface area contributed by atoms with Gasteiger partial charge in [-0.1, -0.05) is 35.5 Å². The van der Waals surface area contributed by atoms with E-state index in [2.05, 4.69) is 9.68 Å². The van der Waals surface area contributed by atoms with Gasteiger partial charge in [0.2, 0.25) is 11.5 Å². The molecule has 0 radical (unpaired) electrons. The number of rotatable bonds is 5. The van der Waals surface area contributed by atoms with Crippen LogP contribution in [0, 0.1) is 0 Å². The van der Waals surface area contributed by atoms with Crippen LogP contribution in [0.15, 0.2) is 41.1 Å². The van der Waals surface area contributed by atoms with Crippen molar-refractivity contribution < 1.29 is 48.8 Å². The van der Waals surface area contributed by atoms with Crippen molar-refractivity contribution in [3.8, 4) is 0 Å². The third-order valence-corrected chi connectivity index (χ3v) is 3.30. The molecule has 12 heteroatoms. The molecule has 1 aromatic heterocycles. The molecule has 0 unspecified atom stereocenters. The number of aromatic nitrogens is 1. The van der Waals surface area contributed by atoms with Gasteiger partial charge in [-0.2, -0.15) is 39.5 Å². The molecule has 0 aliphatic heterocycles. The topological polar surface area (TPSA) is 43.1 Å². The number of hydrogen-bond donors (Lipinski definition) is 0. The third kappa shape index (κ3) is 2.82. The molecule has 0 aliphatic rings. The number of benzene rings is 1. The first-order valence-electron chi connectivity index (χ1n) is 6.50. The highest BCUT2D eigenvalue weighted by molar-refractivity contribution is 6.08. The normalized spacial score (nSPS) is 13.7. The maximum atomic E-state index is 13.9. The lowest BCUT2D eigenvalue weighted by Crippen LogP contribution is -2.59. The number of alkyl halides is 9. The summed E-state index contributed by atoms with van der Waals surface area (Å²) in [5, 5.41) is 2.66. The molecule has 0 saturated heterocycles. The molecular formula is C14H6F9NO2. The molecule has 0 bridgehead atoms. The van der Waals surface area contributed by atoms with Crippen molar-refractivity contribution >= 4 is 5.78 Å². The van der Waals surface area contributed by atoms with Crippen molar-refractivity contribution in [2.75, 3.05) is 0 Å². The lowest BCUT2D eigenvalue weighted by atomic mass is 9.95. The minimum Gasteiger partial charge on any atom is -0.352 e. The summed E-state index contributed by atoms with van der Waals surface area (Å²) in [4.78, 5) is 12.0. The lowest BCUT2D eigenvalue weighted by molar-refractivity contribution is -0.399. The highest BCUT2D eigenvalue weighted by Gasteiger charge is 2.82. The Labute approximate surface area is 138 Å². The molecule has 0 saturated carbocycles. The van der Waals surface area contributed by atoms with Gasteiger partial charge in [-0.3, -0.25) is 4.79 Å². The Morgan fingerprint density at radius 2 is 1.38 bits per heavy atom. The monoisotopic (exact) mass is 391 g/mol. The van der Waals surface area contributed by atoms with Crippen LogP contribution >= 0.6 is 0 Å². The maximum Gasteiger partial charge on any atom is 0.460 e. The SMILES string of the molecule is O=C(c1ccccc1)c1oncc1C(F)(F)C(F)(F)C(F)(F)C(F)(F)F. The van der Waals surface area contributed by atoms with Gasteiger partial charge < -0.3 is 4.52 Å². The van der Waals surface area contributed by atoms with E-state index >= 15 is 0 Å². The van der Waals surface area contributed by atoms with E-state index in [0.717, 1.165) is 12.1 Å². The quantitative estimate of drug-likeness (QED) is 0.542. The molecule has 142 valence electrons. The minimum atomic E-state index is -7.09. The van der Waals surface area contributed by atoms with E-state index < -0.39 is 41.1 Å². The average molecular weight is 391 g/mol. The van der Waals surface area contributed by atoms with Gasteiger partial charge in [0.15, 0.2) is 0 Å². The van der Waals surface area contributed by atoms with Gasteiger partial charge >= 0.3 is 23.9 Å². The summed E-state index contributed by atoms with van der Waals surface area (Å²) in [6.45, 7) is 0. The molecule has 2 rings (SSSR count). The first-order valence-corrected chi connectivity index (χ1v) is 6.50. The van der Waals surface area contributed by atoms with Crippen molar-refractivity contribution in [3.05, 3.63) is 53.4 Å².